The number of nitrogens with one attached hydrogen (secondary N) is 1. The summed E-state index contributed by atoms with van der Waals surface area (Å²) in [6, 6.07) is 4.75. The van der Waals surface area contributed by atoms with Crippen molar-refractivity contribution < 1.29 is 19.1 Å². The average molecular weight is 264 g/mol. The van der Waals surface area contributed by atoms with Crippen LogP contribution in [0.15, 0.2) is 18.2 Å². The van der Waals surface area contributed by atoms with Gasteiger partial charge in [-0.05, 0) is 23.8 Å². The Morgan fingerprint density at radius 1 is 1.42 bits per heavy atom. The quantitative estimate of drug-likeness (QED) is 0.586. The summed E-state index contributed by atoms with van der Waals surface area (Å²) in [6.07, 6.45) is 0.987. The van der Waals surface area contributed by atoms with Gasteiger partial charge in [0.15, 0.2) is 0 Å². The van der Waals surface area contributed by atoms with E-state index in [9.17, 15) is 14.4 Å². The van der Waals surface area contributed by atoms with E-state index in [4.69, 9.17) is 5.73 Å². The first-order chi connectivity index (χ1) is 9.12. The molecule has 0 aliphatic rings. The number of benzene rings is 1. The number of carbonyl (C=O) groups excluding carboxylic acids is 3. The number of hydrogen-bond donors (Lipinski definition) is 2. The predicted molar refractivity (Wildman–Crippen MR) is 69.6 cm³/mol. The van der Waals surface area contributed by atoms with E-state index >= 15 is 0 Å². The summed E-state index contributed by atoms with van der Waals surface area (Å²) < 4.78 is 4.63. The van der Waals surface area contributed by atoms with Crippen molar-refractivity contribution in [2.24, 2.45) is 5.73 Å². The summed E-state index contributed by atoms with van der Waals surface area (Å²) in [6.45, 7) is 0.155. The Hall–Kier alpha value is -2.21. The standard InChI is InChI=1S/C13H16N2O4/c1-19-13(18)11-5-4-10(7-9(11)8-14)15-12(17)3-2-6-16/h4-7H,2-3,8,14H2,1H3,(H,15,17). The van der Waals surface area contributed by atoms with Crippen LogP contribution in [0.4, 0.5) is 5.69 Å². The SMILES string of the molecule is COC(=O)c1ccc(NC(=O)CCC=O)cc1CN. The van der Waals surface area contributed by atoms with Crippen LogP contribution in [0.3, 0.4) is 0 Å². The van der Waals surface area contributed by atoms with Crippen LogP contribution in [0.1, 0.15) is 28.8 Å². The Morgan fingerprint density at radius 3 is 2.74 bits per heavy atom. The number of amides is 1. The van der Waals surface area contributed by atoms with Crippen molar-refractivity contribution in [3.63, 3.8) is 0 Å². The maximum absolute atomic E-state index is 11.5. The van der Waals surface area contributed by atoms with E-state index in [1.807, 2.05) is 0 Å². The molecular weight excluding hydrogens is 248 g/mol. The average Bonchev–Trinajstić information content (AvgIpc) is 2.44. The molecule has 1 rings (SSSR count). The van der Waals surface area contributed by atoms with Crippen LogP contribution < -0.4 is 11.1 Å². The molecule has 0 unspecified atom stereocenters. The first kappa shape index (κ1) is 14.8. The number of anilines is 1. The monoisotopic (exact) mass is 264 g/mol. The molecule has 6 heteroatoms. The van der Waals surface area contributed by atoms with Crippen molar-refractivity contribution in [2.75, 3.05) is 12.4 Å². The third-order valence-corrected chi connectivity index (χ3v) is 2.50. The number of nitrogens with two attached hydrogens (primary N) is 1. The van der Waals surface area contributed by atoms with Crippen molar-refractivity contribution in [3.05, 3.63) is 29.3 Å². The number of methoxy groups -OCH3 is 1. The van der Waals surface area contributed by atoms with Gasteiger partial charge in [-0.1, -0.05) is 0 Å². The Kier molecular flexibility index (Phi) is 5.69. The molecule has 0 saturated heterocycles. The zero-order chi connectivity index (χ0) is 14.3. The molecule has 0 heterocycles. The summed E-state index contributed by atoms with van der Waals surface area (Å²) in [7, 11) is 1.29. The smallest absolute Gasteiger partial charge is 0.338 e. The molecule has 19 heavy (non-hydrogen) atoms. The second kappa shape index (κ2) is 7.27. The lowest BCUT2D eigenvalue weighted by atomic mass is 10.1. The number of esters is 1. The summed E-state index contributed by atoms with van der Waals surface area (Å²) in [5.74, 6) is -0.736. The maximum atomic E-state index is 11.5. The maximum Gasteiger partial charge on any atom is 0.338 e. The van der Waals surface area contributed by atoms with Crippen LogP contribution in [0, 0.1) is 0 Å². The molecule has 0 aliphatic heterocycles. The fourth-order valence-electron chi connectivity index (χ4n) is 1.56. The van der Waals surface area contributed by atoms with Crippen LogP contribution in [0.5, 0.6) is 0 Å². The third-order valence-electron chi connectivity index (χ3n) is 2.50. The predicted octanol–water partition coefficient (Wildman–Crippen LogP) is 0.849. The Morgan fingerprint density at radius 2 is 2.16 bits per heavy atom. The molecule has 0 bridgehead atoms. The van der Waals surface area contributed by atoms with E-state index in [0.29, 0.717) is 23.1 Å². The van der Waals surface area contributed by atoms with Gasteiger partial charge in [0.1, 0.15) is 6.29 Å². The van der Waals surface area contributed by atoms with Gasteiger partial charge in [0.05, 0.1) is 12.7 Å². The number of rotatable bonds is 6. The lowest BCUT2D eigenvalue weighted by Crippen LogP contribution is -2.14. The molecule has 0 aromatic heterocycles. The molecule has 1 aromatic rings. The van der Waals surface area contributed by atoms with Gasteiger partial charge in [-0.2, -0.15) is 0 Å². The summed E-state index contributed by atoms with van der Waals surface area (Å²) in [4.78, 5) is 33.1. The van der Waals surface area contributed by atoms with Crippen molar-refractivity contribution in [1.82, 2.24) is 0 Å². The van der Waals surface area contributed by atoms with Crippen LogP contribution in [-0.2, 0) is 20.9 Å². The highest BCUT2D eigenvalue weighted by atomic mass is 16.5. The molecule has 102 valence electrons. The zero-order valence-corrected chi connectivity index (χ0v) is 10.6. The van der Waals surface area contributed by atoms with Gasteiger partial charge in [0.25, 0.3) is 0 Å². The summed E-state index contributed by atoms with van der Waals surface area (Å²) in [5.41, 5.74) is 7.04. The van der Waals surface area contributed by atoms with Gasteiger partial charge in [-0.25, -0.2) is 4.79 Å². The Bertz CT molecular complexity index is 486. The van der Waals surface area contributed by atoms with Gasteiger partial charge >= 0.3 is 5.97 Å². The first-order valence-electron chi connectivity index (χ1n) is 5.77. The largest absolute Gasteiger partial charge is 0.465 e. The van der Waals surface area contributed by atoms with E-state index in [2.05, 4.69) is 10.1 Å². The molecule has 0 fully saturated rings. The van der Waals surface area contributed by atoms with Crippen LogP contribution >= 0.6 is 0 Å². The Labute approximate surface area is 110 Å². The fraction of sp³-hybridized carbons (Fsp3) is 0.308. The van der Waals surface area contributed by atoms with Crippen LogP contribution in [0.25, 0.3) is 0 Å². The minimum Gasteiger partial charge on any atom is -0.465 e. The fourth-order valence-corrected chi connectivity index (χ4v) is 1.56. The van der Waals surface area contributed by atoms with Crippen LogP contribution in [-0.4, -0.2) is 25.3 Å². The van der Waals surface area contributed by atoms with Crippen molar-refractivity contribution in [1.29, 1.82) is 0 Å². The second-order valence-electron chi connectivity index (χ2n) is 3.82. The molecule has 3 N–H and O–H groups in total. The number of ether oxygens (including phenoxy) is 1. The minimum atomic E-state index is -0.473. The van der Waals surface area contributed by atoms with Gasteiger partial charge in [0.2, 0.25) is 5.91 Å². The molecule has 6 nitrogen and oxygen atoms in total. The molecule has 0 saturated carbocycles. The molecule has 0 aliphatic carbocycles. The van der Waals surface area contributed by atoms with Gasteiger partial charge < -0.3 is 20.6 Å². The highest BCUT2D eigenvalue weighted by Gasteiger charge is 2.12. The van der Waals surface area contributed by atoms with E-state index in [-0.39, 0.29) is 25.3 Å². The van der Waals surface area contributed by atoms with Gasteiger partial charge in [0, 0.05) is 25.1 Å². The number of hydrogen-bond acceptors (Lipinski definition) is 5. The topological polar surface area (TPSA) is 98.5 Å². The molecule has 0 spiro atoms. The third kappa shape index (κ3) is 4.18. The van der Waals surface area contributed by atoms with Gasteiger partial charge in [-0.15, -0.1) is 0 Å². The second-order valence-corrected chi connectivity index (χ2v) is 3.82. The molecule has 1 amide bonds. The number of aldehydes is 1. The van der Waals surface area contributed by atoms with E-state index in [1.54, 1.807) is 18.2 Å². The lowest BCUT2D eigenvalue weighted by Gasteiger charge is -2.09. The van der Waals surface area contributed by atoms with Crippen molar-refractivity contribution in [3.8, 4) is 0 Å². The molecule has 0 atom stereocenters. The minimum absolute atomic E-state index is 0.125. The zero-order valence-electron chi connectivity index (χ0n) is 10.6. The van der Waals surface area contributed by atoms with Crippen molar-refractivity contribution >= 4 is 23.9 Å². The van der Waals surface area contributed by atoms with Gasteiger partial charge in [-0.3, -0.25) is 4.79 Å². The van der Waals surface area contributed by atoms with Crippen molar-refractivity contribution in [2.45, 2.75) is 19.4 Å². The number of carbonyl (C=O) groups is 3. The Balaban J connectivity index is 2.85. The molecule has 1 aromatic carbocycles. The highest BCUT2D eigenvalue weighted by Crippen LogP contribution is 2.17. The first-order valence-corrected chi connectivity index (χ1v) is 5.77. The van der Waals surface area contributed by atoms with E-state index in [0.717, 1.165) is 0 Å². The summed E-state index contributed by atoms with van der Waals surface area (Å²) in [5, 5.41) is 2.63. The molecular formula is C13H16N2O4. The lowest BCUT2D eigenvalue weighted by molar-refractivity contribution is -0.118. The van der Waals surface area contributed by atoms with Crippen LogP contribution in [0.2, 0.25) is 0 Å². The normalized spacial score (nSPS) is 9.79. The summed E-state index contributed by atoms with van der Waals surface area (Å²) >= 11 is 0. The molecule has 0 radical (unpaired) electrons. The van der Waals surface area contributed by atoms with E-state index < -0.39 is 5.97 Å². The van der Waals surface area contributed by atoms with E-state index in [1.165, 1.54) is 7.11 Å². The highest BCUT2D eigenvalue weighted by molar-refractivity contribution is 5.94.